The van der Waals surface area contributed by atoms with E-state index in [4.69, 9.17) is 0 Å². The van der Waals surface area contributed by atoms with Crippen molar-refractivity contribution in [3.05, 3.63) is 89.7 Å². The van der Waals surface area contributed by atoms with E-state index in [1.165, 1.54) is 46.4 Å². The fourth-order valence-electron chi connectivity index (χ4n) is 5.08. The third kappa shape index (κ3) is 7.84. The van der Waals surface area contributed by atoms with Crippen LogP contribution >= 0.6 is 11.8 Å². The van der Waals surface area contributed by atoms with Crippen molar-refractivity contribution in [3.63, 3.8) is 0 Å². The van der Waals surface area contributed by atoms with Crippen LogP contribution in [0.5, 0.6) is 5.75 Å². The number of amidine groups is 1. The molecule has 224 valence electrons. The lowest BCUT2D eigenvalue weighted by atomic mass is 9.96. The van der Waals surface area contributed by atoms with E-state index in [1.54, 1.807) is 11.8 Å². The van der Waals surface area contributed by atoms with Crippen molar-refractivity contribution in [3.8, 4) is 22.8 Å². The number of aliphatic imine (C=N–C) groups is 1. The minimum Gasteiger partial charge on any atom is -0.406 e. The van der Waals surface area contributed by atoms with Crippen LogP contribution in [0.25, 0.3) is 17.1 Å². The maximum absolute atomic E-state index is 12.8. The summed E-state index contributed by atoms with van der Waals surface area (Å²) in [6.45, 7) is 7.16. The number of benzene rings is 3. The minimum atomic E-state index is -4.74. The summed E-state index contributed by atoms with van der Waals surface area (Å²) >= 11 is 1.63. The van der Waals surface area contributed by atoms with Gasteiger partial charge in [0.15, 0.2) is 11.0 Å². The Labute approximate surface area is 252 Å². The highest BCUT2D eigenvalue weighted by Crippen LogP contribution is 2.31. The summed E-state index contributed by atoms with van der Waals surface area (Å²) in [4.78, 5) is 23.8. The molecule has 0 spiro atoms. The molecule has 0 radical (unpaired) electrons. The second kappa shape index (κ2) is 13.0. The van der Waals surface area contributed by atoms with E-state index in [1.807, 2.05) is 30.3 Å². The van der Waals surface area contributed by atoms with Crippen molar-refractivity contribution in [1.82, 2.24) is 14.8 Å². The molecular formula is C32H32F3N5O2S. The predicted octanol–water partition coefficient (Wildman–Crippen LogP) is 7.54. The van der Waals surface area contributed by atoms with Gasteiger partial charge in [0.2, 0.25) is 5.91 Å². The first-order valence-corrected chi connectivity index (χ1v) is 15.0. The number of anilines is 1. The fourth-order valence-corrected chi connectivity index (χ4v) is 6.04. The van der Waals surface area contributed by atoms with Crippen LogP contribution in [0, 0.1) is 19.8 Å². The highest BCUT2D eigenvalue weighted by molar-refractivity contribution is 8.14. The average Bonchev–Trinajstić information content (AvgIpc) is 3.62. The molecule has 2 heterocycles. The standard InChI is InChI=1S/C32H32F3N5O2S/c1-21(7-16-28(41)37-31-39(17-18-43-31)29-22(2)5-4-6-23(29)3)19-24-8-10-25(11-9-24)30-36-20-40(38-30)26-12-14-27(15-13-26)42-32(33,34)35/h4-6,8-15,20-21H,7,16-19H2,1-3H3. The summed E-state index contributed by atoms with van der Waals surface area (Å²) in [6.07, 6.45) is -1.27. The number of halogens is 3. The Hall–Kier alpha value is -4.12. The van der Waals surface area contributed by atoms with E-state index < -0.39 is 6.36 Å². The van der Waals surface area contributed by atoms with Gasteiger partial charge < -0.3 is 9.64 Å². The first-order valence-electron chi connectivity index (χ1n) is 14.0. The van der Waals surface area contributed by atoms with Crippen LogP contribution < -0.4 is 9.64 Å². The maximum atomic E-state index is 12.8. The van der Waals surface area contributed by atoms with Crippen LogP contribution in [0.15, 0.2) is 78.0 Å². The lowest BCUT2D eigenvalue weighted by molar-refractivity contribution is -0.274. The van der Waals surface area contributed by atoms with E-state index >= 15 is 0 Å². The van der Waals surface area contributed by atoms with E-state index in [-0.39, 0.29) is 11.7 Å². The van der Waals surface area contributed by atoms with Gasteiger partial charge in [0.05, 0.1) is 5.69 Å². The molecule has 1 aliphatic rings. The number of carbonyl (C=O) groups excluding carboxylic acids is 1. The Morgan fingerprint density at radius 3 is 2.42 bits per heavy atom. The number of nitrogens with zero attached hydrogens (tertiary/aromatic N) is 5. The molecule has 5 rings (SSSR count). The van der Waals surface area contributed by atoms with Gasteiger partial charge in [0, 0.05) is 30.0 Å². The minimum absolute atomic E-state index is 0.0907. The lowest BCUT2D eigenvalue weighted by Crippen LogP contribution is -2.26. The van der Waals surface area contributed by atoms with E-state index in [0.717, 1.165) is 47.1 Å². The summed E-state index contributed by atoms with van der Waals surface area (Å²) in [5, 5.41) is 5.24. The number of aryl methyl sites for hydroxylation is 2. The SMILES string of the molecule is Cc1cccc(C)c1N1CCSC1=NC(=O)CCC(C)Cc1ccc(-c2ncn(-c3ccc(OC(F)(F)F)cc3)n2)cc1. The van der Waals surface area contributed by atoms with Gasteiger partial charge in [-0.25, -0.2) is 9.67 Å². The number of alkyl halides is 3. The summed E-state index contributed by atoms with van der Waals surface area (Å²) in [6, 6.07) is 19.6. The van der Waals surface area contributed by atoms with E-state index in [2.05, 4.69) is 57.6 Å². The van der Waals surface area contributed by atoms with Crippen molar-refractivity contribution < 1.29 is 22.7 Å². The molecular weight excluding hydrogens is 575 g/mol. The molecule has 43 heavy (non-hydrogen) atoms. The highest BCUT2D eigenvalue weighted by atomic mass is 32.2. The van der Waals surface area contributed by atoms with Crippen LogP contribution in [-0.2, 0) is 11.2 Å². The second-order valence-corrected chi connectivity index (χ2v) is 11.7. The van der Waals surface area contributed by atoms with Crippen LogP contribution in [0.4, 0.5) is 18.9 Å². The number of hydrogen-bond donors (Lipinski definition) is 0. The number of ether oxygens (including phenoxy) is 1. The van der Waals surface area contributed by atoms with Gasteiger partial charge in [-0.15, -0.1) is 18.3 Å². The molecule has 1 aliphatic heterocycles. The summed E-state index contributed by atoms with van der Waals surface area (Å²) in [5.74, 6) is 1.32. The number of carbonyl (C=O) groups is 1. The number of amides is 1. The molecule has 1 atom stereocenters. The highest BCUT2D eigenvalue weighted by Gasteiger charge is 2.31. The second-order valence-electron chi connectivity index (χ2n) is 10.6. The van der Waals surface area contributed by atoms with E-state index in [9.17, 15) is 18.0 Å². The van der Waals surface area contributed by atoms with Gasteiger partial charge in [-0.05, 0) is 73.6 Å². The van der Waals surface area contributed by atoms with Crippen molar-refractivity contribution in [2.75, 3.05) is 17.2 Å². The molecule has 7 nitrogen and oxygen atoms in total. The Morgan fingerprint density at radius 1 is 1.05 bits per heavy atom. The Balaban J connectivity index is 1.14. The van der Waals surface area contributed by atoms with Crippen LogP contribution in [-0.4, -0.2) is 44.5 Å². The molecule has 0 saturated carbocycles. The maximum Gasteiger partial charge on any atom is 0.573 e. The van der Waals surface area contributed by atoms with Crippen molar-refractivity contribution in [1.29, 1.82) is 0 Å². The zero-order chi connectivity index (χ0) is 30.6. The van der Waals surface area contributed by atoms with Gasteiger partial charge >= 0.3 is 6.36 Å². The first kappa shape index (κ1) is 30.3. The molecule has 0 aliphatic carbocycles. The van der Waals surface area contributed by atoms with Crippen LogP contribution in [0.3, 0.4) is 0 Å². The van der Waals surface area contributed by atoms with Crippen molar-refractivity contribution in [2.24, 2.45) is 10.9 Å². The van der Waals surface area contributed by atoms with Gasteiger partial charge in [-0.3, -0.25) is 4.79 Å². The van der Waals surface area contributed by atoms with Gasteiger partial charge in [0.1, 0.15) is 12.1 Å². The fraction of sp³-hybridized carbons (Fsp3) is 0.312. The molecule has 1 saturated heterocycles. The van der Waals surface area contributed by atoms with Gasteiger partial charge in [-0.1, -0.05) is 61.2 Å². The molecule has 1 fully saturated rings. The van der Waals surface area contributed by atoms with Gasteiger partial charge in [0.25, 0.3) is 0 Å². The average molecular weight is 608 g/mol. The summed E-state index contributed by atoms with van der Waals surface area (Å²) in [7, 11) is 0. The third-order valence-corrected chi connectivity index (χ3v) is 8.14. The van der Waals surface area contributed by atoms with Gasteiger partial charge in [-0.2, -0.15) is 4.99 Å². The monoisotopic (exact) mass is 607 g/mol. The summed E-state index contributed by atoms with van der Waals surface area (Å²) in [5.41, 5.74) is 6.02. The summed E-state index contributed by atoms with van der Waals surface area (Å²) < 4.78 is 42.6. The molecule has 0 bridgehead atoms. The molecule has 4 aromatic rings. The quantitative estimate of drug-likeness (QED) is 0.196. The third-order valence-electron chi connectivity index (χ3n) is 7.18. The smallest absolute Gasteiger partial charge is 0.406 e. The lowest BCUT2D eigenvalue weighted by Gasteiger charge is -2.22. The molecule has 1 aromatic heterocycles. The number of rotatable bonds is 9. The van der Waals surface area contributed by atoms with Crippen molar-refractivity contribution in [2.45, 2.75) is 46.4 Å². The van der Waals surface area contributed by atoms with E-state index in [0.29, 0.717) is 23.9 Å². The molecule has 1 amide bonds. The first-order chi connectivity index (χ1) is 20.6. The Kier molecular flexibility index (Phi) is 9.19. The molecule has 11 heteroatoms. The molecule has 3 aromatic carbocycles. The Bertz CT molecular complexity index is 1580. The number of aromatic nitrogens is 3. The number of thioether (sulfide) groups is 1. The molecule has 1 unspecified atom stereocenters. The van der Waals surface area contributed by atoms with Crippen LogP contribution in [0.2, 0.25) is 0 Å². The largest absolute Gasteiger partial charge is 0.573 e. The number of hydrogen-bond acceptors (Lipinski definition) is 5. The topological polar surface area (TPSA) is 72.6 Å². The van der Waals surface area contributed by atoms with Crippen molar-refractivity contribution >= 4 is 28.5 Å². The zero-order valence-corrected chi connectivity index (χ0v) is 25.0. The normalized spacial score (nSPS) is 15.2. The predicted molar refractivity (Wildman–Crippen MR) is 164 cm³/mol. The van der Waals surface area contributed by atoms with Crippen LogP contribution in [0.1, 0.15) is 36.5 Å². The Morgan fingerprint density at radius 2 is 1.74 bits per heavy atom. The zero-order valence-electron chi connectivity index (χ0n) is 24.1. The molecule has 0 N–H and O–H groups in total. The number of para-hydroxylation sites is 1.